The van der Waals surface area contributed by atoms with Gasteiger partial charge in [-0.15, -0.1) is 0 Å². The maximum absolute atomic E-state index is 9.19. The zero-order chi connectivity index (χ0) is 17.2. The number of hydrogen-bond acceptors (Lipinski definition) is 2. The van der Waals surface area contributed by atoms with Crippen LogP contribution in [0.2, 0.25) is 0 Å². The Morgan fingerprint density at radius 3 is 2.70 bits per heavy atom. The van der Waals surface area contributed by atoms with Gasteiger partial charge in [0.05, 0.1) is 6.54 Å². The lowest BCUT2D eigenvalue weighted by Gasteiger charge is -2.23. The first-order chi connectivity index (χ1) is 11.0. The molecule has 1 rings (SSSR count). The van der Waals surface area contributed by atoms with Crippen molar-refractivity contribution in [3.63, 3.8) is 0 Å². The van der Waals surface area contributed by atoms with E-state index in [1.54, 1.807) is 0 Å². The van der Waals surface area contributed by atoms with Crippen molar-refractivity contribution in [3.05, 3.63) is 22.4 Å². The minimum absolute atomic E-state index is 0.240. The first kappa shape index (κ1) is 20.0. The molecule has 0 aliphatic carbocycles. The Balaban J connectivity index is 2.74. The molecule has 1 aromatic heterocycles. The second-order valence-electron chi connectivity index (χ2n) is 5.98. The monoisotopic (exact) mass is 386 g/mol. The molecule has 1 atom stereocenters. The molecular formula is C17H31BrN4O. The predicted octanol–water partition coefficient (Wildman–Crippen LogP) is 2.98. The molecule has 0 fully saturated rings. The molecule has 0 aliphatic rings. The zero-order valence-corrected chi connectivity index (χ0v) is 16.4. The van der Waals surface area contributed by atoms with E-state index < -0.39 is 0 Å². The number of aryl methyl sites for hydroxylation is 1. The van der Waals surface area contributed by atoms with Crippen LogP contribution in [-0.2, 0) is 13.6 Å². The largest absolute Gasteiger partial charge is 0.396 e. The normalized spacial score (nSPS) is 13.2. The van der Waals surface area contributed by atoms with Crippen LogP contribution in [0.3, 0.4) is 0 Å². The third-order valence-electron chi connectivity index (χ3n) is 3.90. The second-order valence-corrected chi connectivity index (χ2v) is 6.89. The van der Waals surface area contributed by atoms with Gasteiger partial charge in [-0.05, 0) is 47.7 Å². The van der Waals surface area contributed by atoms with Gasteiger partial charge in [0.1, 0.15) is 0 Å². The minimum atomic E-state index is 0.240. The fourth-order valence-electron chi connectivity index (χ4n) is 2.64. The molecular weight excluding hydrogens is 356 g/mol. The number of aliphatic hydroxyl groups excluding tert-OH is 1. The summed E-state index contributed by atoms with van der Waals surface area (Å²) in [6, 6.07) is 2.13. The summed E-state index contributed by atoms with van der Waals surface area (Å²) in [5, 5.41) is 12.5. The van der Waals surface area contributed by atoms with Crippen LogP contribution in [0, 0.1) is 5.92 Å². The number of aliphatic hydroxyl groups is 1. The molecule has 132 valence electrons. The van der Waals surface area contributed by atoms with Crippen molar-refractivity contribution in [2.45, 2.75) is 39.7 Å². The highest BCUT2D eigenvalue weighted by molar-refractivity contribution is 9.10. The van der Waals surface area contributed by atoms with Crippen molar-refractivity contribution >= 4 is 21.9 Å². The highest BCUT2D eigenvalue weighted by Gasteiger charge is 2.11. The molecule has 1 unspecified atom stereocenters. The highest BCUT2D eigenvalue weighted by atomic mass is 79.9. The van der Waals surface area contributed by atoms with Crippen LogP contribution in [0.25, 0.3) is 0 Å². The summed E-state index contributed by atoms with van der Waals surface area (Å²) in [7, 11) is 4.11. The quantitative estimate of drug-likeness (QED) is 0.506. The molecule has 6 heteroatoms. The van der Waals surface area contributed by atoms with Gasteiger partial charge in [0.15, 0.2) is 5.96 Å². The molecule has 0 saturated carbocycles. The number of aliphatic imine (C=N–C) groups is 1. The number of halogens is 1. The van der Waals surface area contributed by atoms with E-state index in [9.17, 15) is 5.11 Å². The summed E-state index contributed by atoms with van der Waals surface area (Å²) in [4.78, 5) is 6.93. The lowest BCUT2D eigenvalue weighted by Crippen LogP contribution is -2.39. The SMILES string of the molecule is CCCC(CCO)CN=C(NCC)N(C)Cc1cc(Br)cn1C. The van der Waals surface area contributed by atoms with Crippen LogP contribution >= 0.6 is 15.9 Å². The minimum Gasteiger partial charge on any atom is -0.396 e. The molecule has 0 bridgehead atoms. The molecule has 0 aromatic carbocycles. The molecule has 1 aromatic rings. The number of hydrogen-bond donors (Lipinski definition) is 2. The summed E-state index contributed by atoms with van der Waals surface area (Å²) in [5.41, 5.74) is 1.23. The number of guanidine groups is 1. The molecule has 0 radical (unpaired) electrons. The van der Waals surface area contributed by atoms with Crippen molar-refractivity contribution in [1.29, 1.82) is 0 Å². The van der Waals surface area contributed by atoms with E-state index in [1.807, 2.05) is 0 Å². The summed E-state index contributed by atoms with van der Waals surface area (Å²) in [6.07, 6.45) is 5.12. The number of rotatable bonds is 9. The van der Waals surface area contributed by atoms with Gasteiger partial charge in [-0.1, -0.05) is 13.3 Å². The zero-order valence-electron chi connectivity index (χ0n) is 14.8. The average molecular weight is 387 g/mol. The Hall–Kier alpha value is -1.01. The van der Waals surface area contributed by atoms with Gasteiger partial charge in [-0.2, -0.15) is 0 Å². The van der Waals surface area contributed by atoms with Crippen molar-refractivity contribution in [3.8, 4) is 0 Å². The Labute approximate surface area is 148 Å². The van der Waals surface area contributed by atoms with Gasteiger partial charge >= 0.3 is 0 Å². The van der Waals surface area contributed by atoms with Gasteiger partial charge in [0, 0.05) is 50.2 Å². The molecule has 2 N–H and O–H groups in total. The summed E-state index contributed by atoms with van der Waals surface area (Å²) in [6.45, 7) is 6.91. The fourth-order valence-corrected chi connectivity index (χ4v) is 3.22. The van der Waals surface area contributed by atoms with Gasteiger partial charge in [-0.25, -0.2) is 0 Å². The van der Waals surface area contributed by atoms with Crippen LogP contribution in [-0.4, -0.2) is 47.3 Å². The lowest BCUT2D eigenvalue weighted by molar-refractivity contribution is 0.253. The topological polar surface area (TPSA) is 52.8 Å². The highest BCUT2D eigenvalue weighted by Crippen LogP contribution is 2.15. The van der Waals surface area contributed by atoms with Gasteiger partial charge < -0.3 is 19.9 Å². The predicted molar refractivity (Wildman–Crippen MR) is 101 cm³/mol. The Bertz CT molecular complexity index is 481. The molecule has 0 spiro atoms. The van der Waals surface area contributed by atoms with Crippen LogP contribution in [0.15, 0.2) is 21.7 Å². The van der Waals surface area contributed by atoms with Crippen LogP contribution < -0.4 is 5.32 Å². The summed E-state index contributed by atoms with van der Waals surface area (Å²) < 4.78 is 3.21. The lowest BCUT2D eigenvalue weighted by atomic mass is 10.0. The first-order valence-corrected chi connectivity index (χ1v) is 9.22. The van der Waals surface area contributed by atoms with Crippen molar-refractivity contribution in [2.24, 2.45) is 18.0 Å². The number of nitrogens with one attached hydrogen (secondary N) is 1. The van der Waals surface area contributed by atoms with Crippen LogP contribution in [0.5, 0.6) is 0 Å². The summed E-state index contributed by atoms with van der Waals surface area (Å²) >= 11 is 3.52. The Morgan fingerprint density at radius 2 is 2.17 bits per heavy atom. The third-order valence-corrected chi connectivity index (χ3v) is 4.34. The average Bonchev–Trinajstić information content (AvgIpc) is 2.81. The molecule has 0 saturated heterocycles. The van der Waals surface area contributed by atoms with E-state index in [0.717, 1.165) is 49.3 Å². The van der Waals surface area contributed by atoms with E-state index in [-0.39, 0.29) is 6.61 Å². The molecule has 0 aliphatic heterocycles. The smallest absolute Gasteiger partial charge is 0.194 e. The van der Waals surface area contributed by atoms with Crippen molar-refractivity contribution in [1.82, 2.24) is 14.8 Å². The maximum Gasteiger partial charge on any atom is 0.194 e. The Kier molecular flexibility index (Phi) is 9.33. The molecule has 1 heterocycles. The number of aromatic nitrogens is 1. The standard InChI is InChI=1S/C17H31BrN4O/c1-5-7-14(8-9-23)11-20-17(19-6-2)22(4)13-16-10-15(18)12-21(16)3/h10,12,14,23H,5-9,11,13H2,1-4H3,(H,19,20). The van der Waals surface area contributed by atoms with E-state index >= 15 is 0 Å². The third kappa shape index (κ3) is 6.96. The molecule has 0 amide bonds. The van der Waals surface area contributed by atoms with Gasteiger partial charge in [0.2, 0.25) is 0 Å². The molecule has 5 nitrogen and oxygen atoms in total. The van der Waals surface area contributed by atoms with E-state index in [4.69, 9.17) is 4.99 Å². The van der Waals surface area contributed by atoms with Crippen LogP contribution in [0.1, 0.15) is 38.8 Å². The van der Waals surface area contributed by atoms with Gasteiger partial charge in [-0.3, -0.25) is 4.99 Å². The first-order valence-electron chi connectivity index (χ1n) is 8.42. The maximum atomic E-state index is 9.19. The Morgan fingerprint density at radius 1 is 1.43 bits per heavy atom. The van der Waals surface area contributed by atoms with Gasteiger partial charge in [0.25, 0.3) is 0 Å². The van der Waals surface area contributed by atoms with E-state index in [1.165, 1.54) is 5.69 Å². The summed E-state index contributed by atoms with van der Waals surface area (Å²) in [5.74, 6) is 1.38. The second kappa shape index (κ2) is 10.7. The fraction of sp³-hybridized carbons (Fsp3) is 0.706. The number of nitrogens with zero attached hydrogens (tertiary/aromatic N) is 3. The van der Waals surface area contributed by atoms with E-state index in [0.29, 0.717) is 5.92 Å². The molecule has 23 heavy (non-hydrogen) atoms. The van der Waals surface area contributed by atoms with Crippen LogP contribution in [0.4, 0.5) is 0 Å². The van der Waals surface area contributed by atoms with E-state index in [2.05, 4.69) is 70.9 Å². The van der Waals surface area contributed by atoms with Crippen molar-refractivity contribution in [2.75, 3.05) is 26.7 Å². The van der Waals surface area contributed by atoms with Crippen molar-refractivity contribution < 1.29 is 5.11 Å².